The van der Waals surface area contributed by atoms with Gasteiger partial charge in [-0.1, -0.05) is 0 Å². The first-order valence-electron chi connectivity index (χ1n) is 9.24. The van der Waals surface area contributed by atoms with E-state index in [4.69, 9.17) is 5.26 Å². The topological polar surface area (TPSA) is 68.4 Å². The van der Waals surface area contributed by atoms with Crippen molar-refractivity contribution in [3.05, 3.63) is 17.5 Å². The maximum atomic E-state index is 12.7. The van der Waals surface area contributed by atoms with Gasteiger partial charge in [-0.2, -0.15) is 10.4 Å². The van der Waals surface area contributed by atoms with Crippen LogP contribution in [-0.2, 0) is 17.9 Å². The van der Waals surface area contributed by atoms with Gasteiger partial charge in [0.15, 0.2) is 5.69 Å². The van der Waals surface area contributed by atoms with Crippen molar-refractivity contribution in [2.45, 2.75) is 45.3 Å². The molecule has 2 aliphatic heterocycles. The SMILES string of the molecule is CC(CCC(=O)N1CCCn2nc(C#N)cc2C1)N1CCN(C)CC1. The molecule has 3 heterocycles. The molecular formula is C18H28N6O. The predicted octanol–water partition coefficient (Wildman–Crippen LogP) is 0.903. The van der Waals surface area contributed by atoms with Crippen molar-refractivity contribution in [3.63, 3.8) is 0 Å². The average molecular weight is 344 g/mol. The molecule has 25 heavy (non-hydrogen) atoms. The van der Waals surface area contributed by atoms with Gasteiger partial charge < -0.3 is 9.80 Å². The molecule has 0 aromatic carbocycles. The average Bonchev–Trinajstić information content (AvgIpc) is 2.90. The van der Waals surface area contributed by atoms with Crippen molar-refractivity contribution in [1.82, 2.24) is 24.5 Å². The summed E-state index contributed by atoms with van der Waals surface area (Å²) in [6.45, 7) is 8.74. The molecule has 0 radical (unpaired) electrons. The molecule has 1 aromatic rings. The lowest BCUT2D eigenvalue weighted by atomic mass is 10.1. The highest BCUT2D eigenvalue weighted by atomic mass is 16.2. The number of amides is 1. The molecule has 0 spiro atoms. The van der Waals surface area contributed by atoms with Gasteiger partial charge in [-0.15, -0.1) is 0 Å². The van der Waals surface area contributed by atoms with Gasteiger partial charge in [0, 0.05) is 51.7 Å². The first kappa shape index (κ1) is 17.9. The Bertz CT molecular complexity index is 640. The second kappa shape index (κ2) is 7.98. The van der Waals surface area contributed by atoms with Gasteiger partial charge in [-0.05, 0) is 32.9 Å². The Kier molecular flexibility index (Phi) is 5.71. The molecular weight excluding hydrogens is 316 g/mol. The number of likely N-dealkylation sites (N-methyl/N-ethyl adjacent to an activating group) is 1. The minimum absolute atomic E-state index is 0.217. The summed E-state index contributed by atoms with van der Waals surface area (Å²) in [5, 5.41) is 13.3. The predicted molar refractivity (Wildman–Crippen MR) is 94.7 cm³/mol. The number of aryl methyl sites for hydroxylation is 1. The van der Waals surface area contributed by atoms with E-state index in [1.807, 2.05) is 9.58 Å². The fourth-order valence-corrected chi connectivity index (χ4v) is 3.67. The minimum atomic E-state index is 0.217. The second-order valence-electron chi connectivity index (χ2n) is 7.25. The van der Waals surface area contributed by atoms with Crippen molar-refractivity contribution in [1.29, 1.82) is 5.26 Å². The third kappa shape index (κ3) is 4.39. The maximum Gasteiger partial charge on any atom is 0.222 e. The summed E-state index contributed by atoms with van der Waals surface area (Å²) < 4.78 is 1.87. The van der Waals surface area contributed by atoms with E-state index in [9.17, 15) is 4.79 Å². The van der Waals surface area contributed by atoms with Gasteiger partial charge in [0.1, 0.15) is 6.07 Å². The van der Waals surface area contributed by atoms with Gasteiger partial charge in [0.25, 0.3) is 0 Å². The molecule has 7 heteroatoms. The minimum Gasteiger partial charge on any atom is -0.337 e. The molecule has 0 saturated carbocycles. The number of hydrogen-bond acceptors (Lipinski definition) is 5. The first-order chi connectivity index (χ1) is 12.1. The zero-order valence-corrected chi connectivity index (χ0v) is 15.3. The molecule has 1 amide bonds. The van der Waals surface area contributed by atoms with E-state index in [1.165, 1.54) is 0 Å². The molecule has 1 unspecified atom stereocenters. The summed E-state index contributed by atoms with van der Waals surface area (Å²) in [7, 11) is 2.16. The summed E-state index contributed by atoms with van der Waals surface area (Å²) in [5.74, 6) is 0.217. The van der Waals surface area contributed by atoms with Crippen molar-refractivity contribution in [2.24, 2.45) is 0 Å². The molecule has 3 rings (SSSR count). The fourth-order valence-electron chi connectivity index (χ4n) is 3.67. The Hall–Kier alpha value is -1.91. The van der Waals surface area contributed by atoms with Gasteiger partial charge in [0.2, 0.25) is 5.91 Å². The van der Waals surface area contributed by atoms with Crippen LogP contribution in [0.1, 0.15) is 37.6 Å². The Morgan fingerprint density at radius 3 is 2.76 bits per heavy atom. The van der Waals surface area contributed by atoms with Crippen LogP contribution >= 0.6 is 0 Å². The maximum absolute atomic E-state index is 12.7. The van der Waals surface area contributed by atoms with E-state index in [1.54, 1.807) is 6.07 Å². The molecule has 1 fully saturated rings. The number of hydrogen-bond donors (Lipinski definition) is 0. The van der Waals surface area contributed by atoms with E-state index in [-0.39, 0.29) is 5.91 Å². The first-order valence-corrected chi connectivity index (χ1v) is 9.24. The van der Waals surface area contributed by atoms with Gasteiger partial charge in [0.05, 0.1) is 12.2 Å². The normalized spacial score (nSPS) is 20.6. The summed E-state index contributed by atoms with van der Waals surface area (Å²) in [4.78, 5) is 19.5. The van der Waals surface area contributed by atoms with Crippen molar-refractivity contribution in [2.75, 3.05) is 39.8 Å². The standard InChI is InChI=1S/C18H28N6O/c1-15(22-10-8-21(2)9-11-22)4-5-18(25)23-6-3-7-24-17(14-23)12-16(13-19)20-24/h12,15H,3-11,14H2,1-2H3. The van der Waals surface area contributed by atoms with E-state index in [0.717, 1.165) is 57.8 Å². The van der Waals surface area contributed by atoms with Crippen LogP contribution in [0.2, 0.25) is 0 Å². The van der Waals surface area contributed by atoms with Gasteiger partial charge in [-0.25, -0.2) is 0 Å². The molecule has 7 nitrogen and oxygen atoms in total. The third-order valence-corrected chi connectivity index (χ3v) is 5.42. The largest absolute Gasteiger partial charge is 0.337 e. The number of carbonyl (C=O) groups is 1. The smallest absolute Gasteiger partial charge is 0.222 e. The molecule has 1 aromatic heterocycles. The Morgan fingerprint density at radius 1 is 1.28 bits per heavy atom. The zero-order valence-electron chi connectivity index (χ0n) is 15.3. The van der Waals surface area contributed by atoms with Crippen molar-refractivity contribution in [3.8, 4) is 6.07 Å². The second-order valence-corrected chi connectivity index (χ2v) is 7.25. The molecule has 0 bridgehead atoms. The Balaban J connectivity index is 1.51. The molecule has 2 aliphatic rings. The lowest BCUT2D eigenvalue weighted by molar-refractivity contribution is -0.132. The van der Waals surface area contributed by atoms with Crippen molar-refractivity contribution >= 4 is 5.91 Å². The summed E-state index contributed by atoms with van der Waals surface area (Å²) in [6, 6.07) is 4.33. The van der Waals surface area contributed by atoms with Crippen molar-refractivity contribution < 1.29 is 4.79 Å². The van der Waals surface area contributed by atoms with Gasteiger partial charge in [-0.3, -0.25) is 14.4 Å². The van der Waals surface area contributed by atoms with Crippen LogP contribution in [0.15, 0.2) is 6.07 Å². The quantitative estimate of drug-likeness (QED) is 0.812. The number of aromatic nitrogens is 2. The van der Waals surface area contributed by atoms with Crippen LogP contribution in [0.3, 0.4) is 0 Å². The molecule has 1 atom stereocenters. The number of nitriles is 1. The number of rotatable bonds is 4. The highest BCUT2D eigenvalue weighted by Gasteiger charge is 2.23. The van der Waals surface area contributed by atoms with E-state index in [0.29, 0.717) is 24.7 Å². The lowest BCUT2D eigenvalue weighted by Gasteiger charge is -2.36. The number of carbonyl (C=O) groups excluding carboxylic acids is 1. The van der Waals surface area contributed by atoms with Gasteiger partial charge >= 0.3 is 0 Å². The van der Waals surface area contributed by atoms with Crippen LogP contribution in [-0.4, -0.2) is 76.2 Å². The molecule has 0 N–H and O–H groups in total. The highest BCUT2D eigenvalue weighted by molar-refractivity contribution is 5.76. The summed E-state index contributed by atoms with van der Waals surface area (Å²) in [5.41, 5.74) is 1.41. The van der Waals surface area contributed by atoms with E-state index in [2.05, 4.69) is 34.9 Å². The number of piperazine rings is 1. The lowest BCUT2D eigenvalue weighted by Crippen LogP contribution is -2.48. The fraction of sp³-hybridized carbons (Fsp3) is 0.722. The molecule has 1 saturated heterocycles. The van der Waals surface area contributed by atoms with Crippen LogP contribution in [0.5, 0.6) is 0 Å². The Morgan fingerprint density at radius 2 is 2.04 bits per heavy atom. The molecule has 0 aliphatic carbocycles. The monoisotopic (exact) mass is 344 g/mol. The summed E-state index contributed by atoms with van der Waals surface area (Å²) >= 11 is 0. The number of fused-ring (bicyclic) bond motifs is 1. The van der Waals surface area contributed by atoms with E-state index < -0.39 is 0 Å². The van der Waals surface area contributed by atoms with Crippen LogP contribution in [0.4, 0.5) is 0 Å². The zero-order chi connectivity index (χ0) is 17.8. The molecule has 136 valence electrons. The Labute approximate surface area is 149 Å². The van der Waals surface area contributed by atoms with Crippen LogP contribution in [0, 0.1) is 11.3 Å². The van der Waals surface area contributed by atoms with E-state index >= 15 is 0 Å². The third-order valence-electron chi connectivity index (χ3n) is 5.42. The highest BCUT2D eigenvalue weighted by Crippen LogP contribution is 2.16. The number of nitrogens with zero attached hydrogens (tertiary/aromatic N) is 6. The van der Waals surface area contributed by atoms with Crippen LogP contribution in [0.25, 0.3) is 0 Å². The van der Waals surface area contributed by atoms with Crippen LogP contribution < -0.4 is 0 Å². The summed E-state index contributed by atoms with van der Waals surface area (Å²) in [6.07, 6.45) is 2.38.